The van der Waals surface area contributed by atoms with Crippen molar-refractivity contribution in [1.29, 1.82) is 0 Å². The van der Waals surface area contributed by atoms with Gasteiger partial charge >= 0.3 is 5.97 Å². The highest BCUT2D eigenvalue weighted by molar-refractivity contribution is 6.02. The summed E-state index contributed by atoms with van der Waals surface area (Å²) in [5.41, 5.74) is 1.96. The lowest BCUT2D eigenvalue weighted by molar-refractivity contribution is -0.111. The van der Waals surface area contributed by atoms with E-state index >= 15 is 0 Å². The standard InChI is InChI=1S/C14H13N3O3/c1-3-13(18)16-12-5-4-9(14(19)20)6-11(12)10-7-15-17(2)8-10/h3-8H,1H2,2H3,(H,16,18)(H,19,20). The monoisotopic (exact) mass is 271 g/mol. The number of aromatic carboxylic acids is 1. The SMILES string of the molecule is C=CC(=O)Nc1ccc(C(=O)O)cc1-c1cnn(C)c1. The number of aromatic nitrogens is 2. The van der Waals surface area contributed by atoms with Gasteiger partial charge in [-0.2, -0.15) is 5.10 Å². The van der Waals surface area contributed by atoms with E-state index in [-0.39, 0.29) is 11.5 Å². The topological polar surface area (TPSA) is 84.2 Å². The predicted molar refractivity (Wildman–Crippen MR) is 74.4 cm³/mol. The molecule has 1 heterocycles. The molecule has 1 aromatic heterocycles. The van der Waals surface area contributed by atoms with Crippen LogP contribution in [0, 0.1) is 0 Å². The van der Waals surface area contributed by atoms with Crippen LogP contribution in [-0.2, 0) is 11.8 Å². The van der Waals surface area contributed by atoms with Gasteiger partial charge in [-0.25, -0.2) is 4.79 Å². The van der Waals surface area contributed by atoms with Gasteiger partial charge in [0, 0.05) is 30.1 Å². The number of aryl methyl sites for hydroxylation is 1. The Hall–Kier alpha value is -2.89. The molecule has 0 saturated heterocycles. The van der Waals surface area contributed by atoms with Gasteiger partial charge in [-0.05, 0) is 24.3 Å². The minimum absolute atomic E-state index is 0.139. The molecule has 0 aliphatic heterocycles. The summed E-state index contributed by atoms with van der Waals surface area (Å²) < 4.78 is 1.60. The van der Waals surface area contributed by atoms with Crippen LogP contribution in [0.25, 0.3) is 11.1 Å². The number of hydrogen-bond acceptors (Lipinski definition) is 3. The lowest BCUT2D eigenvalue weighted by atomic mass is 10.0. The number of carbonyl (C=O) groups is 2. The average Bonchev–Trinajstić information content (AvgIpc) is 2.85. The number of hydrogen-bond donors (Lipinski definition) is 2. The van der Waals surface area contributed by atoms with Gasteiger partial charge < -0.3 is 10.4 Å². The van der Waals surface area contributed by atoms with Crippen molar-refractivity contribution in [2.24, 2.45) is 7.05 Å². The van der Waals surface area contributed by atoms with E-state index in [1.807, 2.05) is 0 Å². The smallest absolute Gasteiger partial charge is 0.335 e. The maximum Gasteiger partial charge on any atom is 0.335 e. The minimum Gasteiger partial charge on any atom is -0.478 e. The molecular weight excluding hydrogens is 258 g/mol. The third kappa shape index (κ3) is 2.74. The van der Waals surface area contributed by atoms with Crippen LogP contribution in [0.15, 0.2) is 43.2 Å². The highest BCUT2D eigenvalue weighted by atomic mass is 16.4. The van der Waals surface area contributed by atoms with Crippen LogP contribution in [-0.4, -0.2) is 26.8 Å². The molecule has 0 unspecified atom stereocenters. The number of carbonyl (C=O) groups excluding carboxylic acids is 1. The van der Waals surface area contributed by atoms with Crippen LogP contribution >= 0.6 is 0 Å². The van der Waals surface area contributed by atoms with Gasteiger partial charge in [0.15, 0.2) is 0 Å². The van der Waals surface area contributed by atoms with Gasteiger partial charge in [0.1, 0.15) is 0 Å². The van der Waals surface area contributed by atoms with Crippen molar-refractivity contribution in [3.8, 4) is 11.1 Å². The summed E-state index contributed by atoms with van der Waals surface area (Å²) in [5.74, 6) is -1.39. The molecule has 0 aliphatic rings. The second-order valence-corrected chi connectivity index (χ2v) is 4.16. The Morgan fingerprint density at radius 3 is 2.75 bits per heavy atom. The summed E-state index contributed by atoms with van der Waals surface area (Å²) in [6.45, 7) is 3.39. The summed E-state index contributed by atoms with van der Waals surface area (Å²) in [6.07, 6.45) is 4.49. The summed E-state index contributed by atoms with van der Waals surface area (Å²) in [5, 5.41) is 15.7. The molecule has 0 atom stereocenters. The average molecular weight is 271 g/mol. The first-order valence-corrected chi connectivity index (χ1v) is 5.81. The Labute approximate surface area is 115 Å². The molecule has 0 saturated carbocycles. The molecule has 2 N–H and O–H groups in total. The van der Waals surface area contributed by atoms with Crippen molar-refractivity contribution < 1.29 is 14.7 Å². The highest BCUT2D eigenvalue weighted by Crippen LogP contribution is 2.29. The highest BCUT2D eigenvalue weighted by Gasteiger charge is 2.12. The first kappa shape index (κ1) is 13.5. The maximum atomic E-state index is 11.4. The molecule has 20 heavy (non-hydrogen) atoms. The number of amides is 1. The van der Waals surface area contributed by atoms with E-state index < -0.39 is 5.97 Å². The van der Waals surface area contributed by atoms with Crippen LogP contribution < -0.4 is 5.32 Å². The van der Waals surface area contributed by atoms with Crippen molar-refractivity contribution in [2.45, 2.75) is 0 Å². The first-order valence-electron chi connectivity index (χ1n) is 5.81. The fourth-order valence-electron chi connectivity index (χ4n) is 1.77. The zero-order valence-electron chi connectivity index (χ0n) is 10.8. The first-order chi connectivity index (χ1) is 9.51. The number of nitrogens with one attached hydrogen (secondary N) is 1. The normalized spacial score (nSPS) is 10.1. The Morgan fingerprint density at radius 1 is 1.45 bits per heavy atom. The molecule has 6 heteroatoms. The van der Waals surface area contributed by atoms with Crippen molar-refractivity contribution >= 4 is 17.6 Å². The van der Waals surface area contributed by atoms with E-state index in [1.165, 1.54) is 12.1 Å². The molecule has 102 valence electrons. The number of nitrogens with zero attached hydrogens (tertiary/aromatic N) is 2. The quantitative estimate of drug-likeness (QED) is 0.832. The summed E-state index contributed by atoms with van der Waals surface area (Å²) in [6, 6.07) is 4.48. The van der Waals surface area contributed by atoms with Crippen molar-refractivity contribution in [2.75, 3.05) is 5.32 Å². The van der Waals surface area contributed by atoms with Gasteiger partial charge in [0.05, 0.1) is 11.8 Å². The molecule has 0 fully saturated rings. The van der Waals surface area contributed by atoms with Gasteiger partial charge in [0.2, 0.25) is 5.91 Å². The minimum atomic E-state index is -1.03. The Morgan fingerprint density at radius 2 is 2.20 bits per heavy atom. The van der Waals surface area contributed by atoms with Gasteiger partial charge in [-0.3, -0.25) is 9.48 Å². The summed E-state index contributed by atoms with van der Waals surface area (Å²) in [4.78, 5) is 22.5. The zero-order valence-corrected chi connectivity index (χ0v) is 10.8. The zero-order chi connectivity index (χ0) is 14.7. The van der Waals surface area contributed by atoms with E-state index in [2.05, 4.69) is 17.0 Å². The molecule has 0 aliphatic carbocycles. The van der Waals surface area contributed by atoms with Crippen LogP contribution in [0.2, 0.25) is 0 Å². The van der Waals surface area contributed by atoms with Crippen LogP contribution in [0.4, 0.5) is 5.69 Å². The Bertz CT molecular complexity index is 689. The van der Waals surface area contributed by atoms with Crippen LogP contribution in [0.3, 0.4) is 0 Å². The number of carboxylic acids is 1. The van der Waals surface area contributed by atoms with E-state index in [0.717, 1.165) is 11.6 Å². The lowest BCUT2D eigenvalue weighted by Crippen LogP contribution is -2.09. The Kier molecular flexibility index (Phi) is 3.65. The van der Waals surface area contributed by atoms with Crippen LogP contribution in [0.5, 0.6) is 0 Å². The molecule has 6 nitrogen and oxygen atoms in total. The fourth-order valence-corrected chi connectivity index (χ4v) is 1.77. The third-order valence-electron chi connectivity index (χ3n) is 2.73. The number of carboxylic acid groups (broad SMARTS) is 1. The number of benzene rings is 1. The predicted octanol–water partition coefficient (Wildman–Crippen LogP) is 1.91. The lowest BCUT2D eigenvalue weighted by Gasteiger charge is -2.09. The van der Waals surface area contributed by atoms with E-state index in [1.54, 1.807) is 30.2 Å². The Balaban J connectivity index is 2.53. The van der Waals surface area contributed by atoms with Gasteiger partial charge in [-0.15, -0.1) is 0 Å². The molecule has 0 bridgehead atoms. The fraction of sp³-hybridized carbons (Fsp3) is 0.0714. The second-order valence-electron chi connectivity index (χ2n) is 4.16. The van der Waals surface area contributed by atoms with Crippen molar-refractivity contribution in [3.63, 3.8) is 0 Å². The maximum absolute atomic E-state index is 11.4. The van der Waals surface area contributed by atoms with Gasteiger partial charge in [-0.1, -0.05) is 6.58 Å². The molecule has 2 rings (SSSR count). The van der Waals surface area contributed by atoms with Crippen LogP contribution in [0.1, 0.15) is 10.4 Å². The van der Waals surface area contributed by atoms with E-state index in [0.29, 0.717) is 11.3 Å². The van der Waals surface area contributed by atoms with Crippen molar-refractivity contribution in [3.05, 3.63) is 48.8 Å². The molecular formula is C14H13N3O3. The molecule has 1 amide bonds. The van der Waals surface area contributed by atoms with E-state index in [4.69, 9.17) is 5.11 Å². The van der Waals surface area contributed by atoms with E-state index in [9.17, 15) is 9.59 Å². The summed E-state index contributed by atoms with van der Waals surface area (Å²) >= 11 is 0. The largest absolute Gasteiger partial charge is 0.478 e. The van der Waals surface area contributed by atoms with Gasteiger partial charge in [0.25, 0.3) is 0 Å². The number of rotatable bonds is 4. The third-order valence-corrected chi connectivity index (χ3v) is 2.73. The van der Waals surface area contributed by atoms with Crippen molar-refractivity contribution in [1.82, 2.24) is 9.78 Å². The summed E-state index contributed by atoms with van der Waals surface area (Å²) in [7, 11) is 1.76. The molecule has 1 aromatic carbocycles. The molecule has 0 spiro atoms. The second kappa shape index (κ2) is 5.40. The molecule has 2 aromatic rings. The molecule has 0 radical (unpaired) electrons. The number of anilines is 1.